The van der Waals surface area contributed by atoms with Gasteiger partial charge in [0.2, 0.25) is 0 Å². The first-order valence-electron chi connectivity index (χ1n) is 9.27. The predicted octanol–water partition coefficient (Wildman–Crippen LogP) is 4.22. The fraction of sp³-hybridized carbons (Fsp3) is 0.400. The maximum atomic E-state index is 6.22. The molecule has 0 unspecified atom stereocenters. The van der Waals surface area contributed by atoms with Gasteiger partial charge in [-0.2, -0.15) is 0 Å². The normalized spacial score (nSPS) is 28.6. The molecule has 1 N–H and O–H groups in total. The van der Waals surface area contributed by atoms with Crippen LogP contribution in [0.3, 0.4) is 0 Å². The molecule has 3 aromatic rings. The van der Waals surface area contributed by atoms with Crippen LogP contribution in [-0.4, -0.2) is 38.6 Å². The van der Waals surface area contributed by atoms with Crippen LogP contribution in [0.4, 0.5) is 11.5 Å². The third-order valence-electron chi connectivity index (χ3n) is 5.14. The lowest BCUT2D eigenvalue weighted by Gasteiger charge is -2.24. The highest BCUT2D eigenvalue weighted by Crippen LogP contribution is 2.44. The third-order valence-corrected chi connectivity index (χ3v) is 5.95. The summed E-state index contributed by atoms with van der Waals surface area (Å²) >= 11 is 2.32. The molecule has 1 aromatic carbocycles. The van der Waals surface area contributed by atoms with Crippen molar-refractivity contribution in [2.24, 2.45) is 0 Å². The number of fused-ring (bicyclic) bond motifs is 2. The highest BCUT2D eigenvalue weighted by atomic mass is 127. The van der Waals surface area contributed by atoms with Gasteiger partial charge >= 0.3 is 0 Å². The van der Waals surface area contributed by atoms with Gasteiger partial charge in [0.25, 0.3) is 0 Å². The summed E-state index contributed by atoms with van der Waals surface area (Å²) in [4.78, 5) is 9.03. The zero-order valence-electron chi connectivity index (χ0n) is 15.8. The topological polar surface area (TPSA) is 70.4 Å². The number of benzene rings is 1. The van der Waals surface area contributed by atoms with Crippen molar-refractivity contribution in [3.63, 3.8) is 0 Å². The van der Waals surface area contributed by atoms with Gasteiger partial charge in [0.05, 0.1) is 11.5 Å². The van der Waals surface area contributed by atoms with Crippen molar-refractivity contribution in [1.29, 1.82) is 0 Å². The average Bonchev–Trinajstić information content (AvgIpc) is 3.26. The van der Waals surface area contributed by atoms with Crippen molar-refractivity contribution in [3.8, 4) is 0 Å². The van der Waals surface area contributed by atoms with Crippen molar-refractivity contribution < 1.29 is 14.2 Å². The Morgan fingerprint density at radius 2 is 1.86 bits per heavy atom. The number of nitrogens with one attached hydrogen (secondary N) is 1. The van der Waals surface area contributed by atoms with Crippen LogP contribution in [0, 0.1) is 3.57 Å². The van der Waals surface area contributed by atoms with E-state index in [9.17, 15) is 0 Å². The summed E-state index contributed by atoms with van der Waals surface area (Å²) in [5.74, 6) is 0.155. The molecule has 0 amide bonds. The average molecular weight is 492 g/mol. The lowest BCUT2D eigenvalue weighted by Crippen LogP contribution is -2.27. The minimum atomic E-state index is -0.614. The van der Waals surface area contributed by atoms with Crippen molar-refractivity contribution in [3.05, 3.63) is 46.4 Å². The number of rotatable bonds is 3. The molecule has 0 bridgehead atoms. The van der Waals surface area contributed by atoms with Crippen molar-refractivity contribution >= 4 is 45.1 Å². The highest BCUT2D eigenvalue weighted by molar-refractivity contribution is 14.1. The van der Waals surface area contributed by atoms with Crippen LogP contribution in [0.15, 0.2) is 42.9 Å². The molecule has 4 atom stereocenters. The molecular formula is C20H21IN4O3. The molecule has 4 heterocycles. The number of halogens is 1. The quantitative estimate of drug-likeness (QED) is 0.553. The van der Waals surface area contributed by atoms with Crippen LogP contribution < -0.4 is 5.32 Å². The largest absolute Gasteiger partial charge is 0.349 e. The fourth-order valence-electron chi connectivity index (χ4n) is 3.99. The van der Waals surface area contributed by atoms with E-state index in [2.05, 4.69) is 37.9 Å². The summed E-state index contributed by atoms with van der Waals surface area (Å²) in [5.41, 5.74) is 1.79. The van der Waals surface area contributed by atoms with Crippen LogP contribution >= 0.6 is 22.6 Å². The van der Waals surface area contributed by atoms with E-state index in [4.69, 9.17) is 14.2 Å². The van der Waals surface area contributed by atoms with Crippen LogP contribution in [0.5, 0.6) is 0 Å². The van der Waals surface area contributed by atoms with Crippen LogP contribution in [-0.2, 0) is 14.2 Å². The Morgan fingerprint density at radius 1 is 1.11 bits per heavy atom. The minimum absolute atomic E-state index is 0.0596. The van der Waals surface area contributed by atoms with Gasteiger partial charge in [-0.1, -0.05) is 18.2 Å². The van der Waals surface area contributed by atoms with Crippen molar-refractivity contribution in [1.82, 2.24) is 14.5 Å². The van der Waals surface area contributed by atoms with Gasteiger partial charge in [-0.15, -0.1) is 0 Å². The van der Waals surface area contributed by atoms with E-state index in [0.717, 1.165) is 26.1 Å². The molecule has 2 aliphatic rings. The number of nitrogens with zero attached hydrogens (tertiary/aromatic N) is 3. The van der Waals surface area contributed by atoms with Gasteiger partial charge < -0.3 is 24.1 Å². The summed E-state index contributed by atoms with van der Waals surface area (Å²) in [5, 5.41) is 4.36. The second-order valence-electron chi connectivity index (χ2n) is 7.59. The highest BCUT2D eigenvalue weighted by Gasteiger charge is 2.54. The summed E-state index contributed by atoms with van der Waals surface area (Å²) in [7, 11) is 0. The molecule has 7 nitrogen and oxygen atoms in total. The van der Waals surface area contributed by atoms with E-state index in [1.54, 1.807) is 6.33 Å². The van der Waals surface area contributed by atoms with Gasteiger partial charge in [0.15, 0.2) is 12.0 Å². The second kappa shape index (κ2) is 6.65. The lowest BCUT2D eigenvalue weighted by molar-refractivity contribution is -0.194. The Hall–Kier alpha value is -1.75. The Balaban J connectivity index is 1.56. The molecule has 2 fully saturated rings. The number of para-hydroxylation sites is 1. The number of ether oxygens (including phenoxy) is 3. The van der Waals surface area contributed by atoms with Crippen molar-refractivity contribution in [2.75, 3.05) is 5.32 Å². The summed E-state index contributed by atoms with van der Waals surface area (Å²) < 4.78 is 21.5. The van der Waals surface area contributed by atoms with Crippen molar-refractivity contribution in [2.45, 2.75) is 51.1 Å². The minimum Gasteiger partial charge on any atom is -0.349 e. The van der Waals surface area contributed by atoms with Gasteiger partial charge in [0, 0.05) is 15.5 Å². The zero-order chi connectivity index (χ0) is 19.5. The first-order chi connectivity index (χ1) is 13.4. The number of anilines is 2. The zero-order valence-corrected chi connectivity index (χ0v) is 18.0. The van der Waals surface area contributed by atoms with E-state index in [-0.39, 0.29) is 24.5 Å². The third kappa shape index (κ3) is 2.99. The summed E-state index contributed by atoms with van der Waals surface area (Å²) in [6, 6.07) is 9.99. The molecule has 146 valence electrons. The number of hydrogen-bond acceptors (Lipinski definition) is 6. The molecular weight excluding hydrogens is 471 g/mol. The van der Waals surface area contributed by atoms with Crippen LogP contribution in [0.25, 0.3) is 11.0 Å². The second-order valence-corrected chi connectivity index (χ2v) is 8.75. The molecule has 0 saturated carbocycles. The Labute approximate surface area is 176 Å². The monoisotopic (exact) mass is 492 g/mol. The standard InChI is InChI=1S/C20H21IN4O3/c1-11-15-16(28-20(2,3)27-15)19(26-11)25-9-13(21)14-17(22-10-23-18(14)25)24-12-7-5-4-6-8-12/h4-11,15-16,19H,1-3H3,(H,22,23,24)/t11-,15-,16-,19-/m1/s1. The Morgan fingerprint density at radius 3 is 2.64 bits per heavy atom. The van der Waals surface area contributed by atoms with Gasteiger partial charge in [0.1, 0.15) is 30.0 Å². The molecule has 0 aliphatic carbocycles. The smallest absolute Gasteiger partial charge is 0.164 e. The first-order valence-corrected chi connectivity index (χ1v) is 10.3. The summed E-state index contributed by atoms with van der Waals surface area (Å²) in [6.45, 7) is 5.91. The van der Waals surface area contributed by atoms with Crippen LogP contribution in [0.2, 0.25) is 0 Å². The Kier molecular flexibility index (Phi) is 4.34. The molecule has 8 heteroatoms. The molecule has 0 spiro atoms. The van der Waals surface area contributed by atoms with E-state index >= 15 is 0 Å². The molecule has 28 heavy (non-hydrogen) atoms. The lowest BCUT2D eigenvalue weighted by atomic mass is 10.1. The first kappa shape index (κ1) is 18.3. The van der Waals surface area contributed by atoms with E-state index in [1.165, 1.54) is 0 Å². The molecule has 0 radical (unpaired) electrons. The molecule has 2 aromatic heterocycles. The van der Waals surface area contributed by atoms with E-state index < -0.39 is 5.79 Å². The van der Waals surface area contributed by atoms with Gasteiger partial charge in [-0.25, -0.2) is 9.97 Å². The maximum Gasteiger partial charge on any atom is 0.164 e. The predicted molar refractivity (Wildman–Crippen MR) is 113 cm³/mol. The van der Waals surface area contributed by atoms with E-state index in [0.29, 0.717) is 0 Å². The molecule has 5 rings (SSSR count). The van der Waals surface area contributed by atoms with Gasteiger partial charge in [-0.05, 0) is 55.5 Å². The molecule has 2 saturated heterocycles. The number of aromatic nitrogens is 3. The van der Waals surface area contributed by atoms with Gasteiger partial charge in [-0.3, -0.25) is 0 Å². The number of hydrogen-bond donors (Lipinski definition) is 1. The summed E-state index contributed by atoms with van der Waals surface area (Å²) in [6.07, 6.45) is 2.98. The van der Waals surface area contributed by atoms with Crippen LogP contribution in [0.1, 0.15) is 27.0 Å². The SMILES string of the molecule is C[C@H]1O[C@@H](n2cc(I)c3c(Nc4ccccc4)ncnc32)[C@@H]2OC(C)(C)O[C@@H]21. The fourth-order valence-corrected chi connectivity index (χ4v) is 4.78. The molecule has 2 aliphatic heterocycles. The Bertz CT molecular complexity index is 1020. The maximum absolute atomic E-state index is 6.22. The van der Waals surface area contributed by atoms with E-state index in [1.807, 2.05) is 61.9 Å².